The highest BCUT2D eigenvalue weighted by Crippen LogP contribution is 2.39. The fourth-order valence-electron chi connectivity index (χ4n) is 2.54. The molecular formula is C14H21ClN2O3S. The van der Waals surface area contributed by atoms with E-state index in [0.717, 1.165) is 12.8 Å². The van der Waals surface area contributed by atoms with Crippen LogP contribution in [0.4, 0.5) is 0 Å². The largest absolute Gasteiger partial charge is 0.350 e. The van der Waals surface area contributed by atoms with Gasteiger partial charge in [0, 0.05) is 29.5 Å². The number of aromatic nitrogens is 1. The molecule has 0 saturated heterocycles. The molecule has 0 unspecified atom stereocenters. The summed E-state index contributed by atoms with van der Waals surface area (Å²) in [6, 6.07) is 1.30. The Morgan fingerprint density at radius 3 is 2.52 bits per heavy atom. The molecule has 1 aromatic heterocycles. The van der Waals surface area contributed by atoms with Crippen LogP contribution < -0.4 is 5.32 Å². The predicted octanol–water partition coefficient (Wildman–Crippen LogP) is 2.92. The molecule has 0 aromatic carbocycles. The molecule has 0 bridgehead atoms. The van der Waals surface area contributed by atoms with Crippen molar-refractivity contribution in [3.05, 3.63) is 18.0 Å². The highest BCUT2D eigenvalue weighted by atomic mass is 35.7. The van der Waals surface area contributed by atoms with Gasteiger partial charge in [0.2, 0.25) is 0 Å². The van der Waals surface area contributed by atoms with E-state index in [0.29, 0.717) is 12.2 Å². The number of rotatable bonds is 5. The summed E-state index contributed by atoms with van der Waals surface area (Å²) in [7, 11) is 1.52. The number of nitrogens with one attached hydrogen (secondary N) is 1. The molecule has 0 radical (unpaired) electrons. The lowest BCUT2D eigenvalue weighted by atomic mass is 9.70. The van der Waals surface area contributed by atoms with Crippen molar-refractivity contribution in [2.45, 2.75) is 51.0 Å². The van der Waals surface area contributed by atoms with Gasteiger partial charge in [-0.2, -0.15) is 0 Å². The van der Waals surface area contributed by atoms with Crippen LogP contribution in [0.3, 0.4) is 0 Å². The molecule has 1 aliphatic rings. The van der Waals surface area contributed by atoms with Crippen LogP contribution in [0, 0.1) is 5.41 Å². The standard InChI is InChI=1S/C14H21ClN2O3S/c1-10(2)17-8-11(21(15,19)20)7-12(17)13(18)16-9-14(3)5-4-6-14/h7-8,10H,4-6,9H2,1-3H3,(H,16,18). The van der Waals surface area contributed by atoms with E-state index in [1.807, 2.05) is 13.8 Å². The summed E-state index contributed by atoms with van der Waals surface area (Å²) >= 11 is 0. The first-order valence-electron chi connectivity index (χ1n) is 7.07. The Hall–Kier alpha value is -1.01. The van der Waals surface area contributed by atoms with Crippen LogP contribution in [0.15, 0.2) is 17.2 Å². The topological polar surface area (TPSA) is 68.2 Å². The quantitative estimate of drug-likeness (QED) is 0.843. The summed E-state index contributed by atoms with van der Waals surface area (Å²) in [5.41, 5.74) is 0.499. The van der Waals surface area contributed by atoms with E-state index in [1.54, 1.807) is 4.57 Å². The van der Waals surface area contributed by atoms with Crippen molar-refractivity contribution in [2.75, 3.05) is 6.54 Å². The maximum atomic E-state index is 12.3. The van der Waals surface area contributed by atoms with E-state index in [4.69, 9.17) is 10.7 Å². The summed E-state index contributed by atoms with van der Waals surface area (Å²) in [4.78, 5) is 12.3. The lowest BCUT2D eigenvalue weighted by molar-refractivity contribution is 0.0880. The fraction of sp³-hybridized carbons (Fsp3) is 0.643. The van der Waals surface area contributed by atoms with Crippen LogP contribution in [0.5, 0.6) is 0 Å². The number of nitrogens with zero attached hydrogens (tertiary/aromatic N) is 1. The van der Waals surface area contributed by atoms with Gasteiger partial charge in [0.15, 0.2) is 0 Å². The van der Waals surface area contributed by atoms with Crippen LogP contribution >= 0.6 is 10.7 Å². The third-order valence-corrected chi connectivity index (χ3v) is 5.45. The number of carbonyl (C=O) groups is 1. The third-order valence-electron chi connectivity index (χ3n) is 4.13. The van der Waals surface area contributed by atoms with Gasteiger partial charge in [-0.05, 0) is 38.2 Å². The van der Waals surface area contributed by atoms with Crippen LogP contribution in [-0.2, 0) is 9.05 Å². The zero-order chi connectivity index (χ0) is 15.8. The zero-order valence-corrected chi connectivity index (χ0v) is 14.1. The number of hydrogen-bond acceptors (Lipinski definition) is 3. The zero-order valence-electron chi connectivity index (χ0n) is 12.5. The van der Waals surface area contributed by atoms with Crippen LogP contribution in [0.1, 0.15) is 56.6 Å². The molecule has 2 rings (SSSR count). The van der Waals surface area contributed by atoms with Gasteiger partial charge in [0.25, 0.3) is 15.0 Å². The maximum absolute atomic E-state index is 12.3. The van der Waals surface area contributed by atoms with Crippen LogP contribution in [0.25, 0.3) is 0 Å². The Kier molecular flexibility index (Phi) is 4.40. The highest BCUT2D eigenvalue weighted by molar-refractivity contribution is 8.13. The lowest BCUT2D eigenvalue weighted by Gasteiger charge is -2.38. The van der Waals surface area contributed by atoms with Crippen molar-refractivity contribution in [3.63, 3.8) is 0 Å². The number of halogens is 1. The average Bonchev–Trinajstić information content (AvgIpc) is 2.78. The fourth-order valence-corrected chi connectivity index (χ4v) is 3.28. The molecule has 5 nitrogen and oxygen atoms in total. The van der Waals surface area contributed by atoms with Gasteiger partial charge >= 0.3 is 0 Å². The van der Waals surface area contributed by atoms with E-state index in [-0.39, 0.29) is 22.3 Å². The molecular weight excluding hydrogens is 312 g/mol. The van der Waals surface area contributed by atoms with E-state index < -0.39 is 9.05 Å². The minimum Gasteiger partial charge on any atom is -0.350 e. The Bertz CT molecular complexity index is 645. The molecule has 1 saturated carbocycles. The van der Waals surface area contributed by atoms with Crippen LogP contribution in [0.2, 0.25) is 0 Å². The molecule has 1 heterocycles. The van der Waals surface area contributed by atoms with Crippen molar-refractivity contribution < 1.29 is 13.2 Å². The molecule has 0 spiro atoms. The number of carbonyl (C=O) groups excluding carboxylic acids is 1. The molecule has 1 amide bonds. The van der Waals surface area contributed by atoms with Gasteiger partial charge < -0.3 is 9.88 Å². The van der Waals surface area contributed by atoms with E-state index in [1.165, 1.54) is 18.7 Å². The van der Waals surface area contributed by atoms with Gasteiger partial charge in [-0.25, -0.2) is 8.42 Å². The molecule has 1 aromatic rings. The molecule has 7 heteroatoms. The van der Waals surface area contributed by atoms with E-state index in [2.05, 4.69) is 12.2 Å². The van der Waals surface area contributed by atoms with Crippen molar-refractivity contribution in [1.82, 2.24) is 9.88 Å². The first kappa shape index (κ1) is 16.4. The second-order valence-corrected chi connectivity index (χ2v) is 8.91. The van der Waals surface area contributed by atoms with E-state index in [9.17, 15) is 13.2 Å². The van der Waals surface area contributed by atoms with Gasteiger partial charge in [0.05, 0.1) is 0 Å². The van der Waals surface area contributed by atoms with Crippen molar-refractivity contribution in [2.24, 2.45) is 5.41 Å². The van der Waals surface area contributed by atoms with Crippen molar-refractivity contribution >= 4 is 25.6 Å². The van der Waals surface area contributed by atoms with Crippen molar-refractivity contribution in [3.8, 4) is 0 Å². The van der Waals surface area contributed by atoms with Gasteiger partial charge in [0.1, 0.15) is 10.6 Å². The minimum atomic E-state index is -3.84. The Morgan fingerprint density at radius 1 is 1.48 bits per heavy atom. The van der Waals surface area contributed by atoms with Crippen LogP contribution in [-0.4, -0.2) is 25.4 Å². The predicted molar refractivity (Wildman–Crippen MR) is 82.1 cm³/mol. The van der Waals surface area contributed by atoms with Gasteiger partial charge in [-0.3, -0.25) is 4.79 Å². The van der Waals surface area contributed by atoms with E-state index >= 15 is 0 Å². The summed E-state index contributed by atoms with van der Waals surface area (Å²) < 4.78 is 24.5. The minimum absolute atomic E-state index is 0.0304. The molecule has 0 atom stereocenters. The summed E-state index contributed by atoms with van der Waals surface area (Å²) in [6.45, 7) is 6.52. The highest BCUT2D eigenvalue weighted by Gasteiger charge is 2.32. The normalized spacial score (nSPS) is 17.6. The molecule has 118 valence electrons. The number of amides is 1. The molecule has 1 fully saturated rings. The first-order valence-corrected chi connectivity index (χ1v) is 9.38. The second-order valence-electron chi connectivity index (χ2n) is 6.35. The van der Waals surface area contributed by atoms with Gasteiger partial charge in [-0.1, -0.05) is 13.3 Å². The van der Waals surface area contributed by atoms with Crippen molar-refractivity contribution in [1.29, 1.82) is 0 Å². The smallest absolute Gasteiger partial charge is 0.267 e. The summed E-state index contributed by atoms with van der Waals surface area (Å²) in [5.74, 6) is -0.261. The molecule has 1 aliphatic carbocycles. The maximum Gasteiger partial charge on any atom is 0.267 e. The third kappa shape index (κ3) is 3.61. The second kappa shape index (κ2) is 5.65. The summed E-state index contributed by atoms with van der Waals surface area (Å²) in [6.07, 6.45) is 4.83. The first-order chi connectivity index (χ1) is 9.62. The molecule has 21 heavy (non-hydrogen) atoms. The monoisotopic (exact) mass is 332 g/mol. The Morgan fingerprint density at radius 2 is 2.10 bits per heavy atom. The Labute approximate surface area is 130 Å². The molecule has 1 N–H and O–H groups in total. The van der Waals surface area contributed by atoms with Gasteiger partial charge in [-0.15, -0.1) is 0 Å². The SMILES string of the molecule is CC(C)n1cc(S(=O)(=O)Cl)cc1C(=O)NCC1(C)CCC1. The average molecular weight is 333 g/mol. The number of hydrogen-bond donors (Lipinski definition) is 1. The summed E-state index contributed by atoms with van der Waals surface area (Å²) in [5, 5.41) is 2.90. The lowest BCUT2D eigenvalue weighted by Crippen LogP contribution is -2.40. The Balaban J connectivity index is 2.21. The molecule has 0 aliphatic heterocycles.